The summed E-state index contributed by atoms with van der Waals surface area (Å²) in [5.41, 5.74) is 1.99. The van der Waals surface area contributed by atoms with Gasteiger partial charge in [-0.15, -0.1) is 0 Å². The van der Waals surface area contributed by atoms with Crippen LogP contribution in [0.4, 0.5) is 5.69 Å². The molecule has 1 saturated heterocycles. The van der Waals surface area contributed by atoms with Gasteiger partial charge in [-0.25, -0.2) is 0 Å². The number of aromatic nitrogens is 1. The van der Waals surface area contributed by atoms with Gasteiger partial charge in [-0.3, -0.25) is 0 Å². The molecule has 2 aromatic rings. The number of nitrogens with one attached hydrogen (secondary N) is 1. The van der Waals surface area contributed by atoms with Crippen LogP contribution < -0.4 is 4.90 Å². The summed E-state index contributed by atoms with van der Waals surface area (Å²) in [5, 5.41) is 11.0. The summed E-state index contributed by atoms with van der Waals surface area (Å²) in [6, 6.07) is 8.04. The summed E-state index contributed by atoms with van der Waals surface area (Å²) in [6.45, 7) is 2.10. The lowest BCUT2D eigenvalue weighted by atomic mass is 10.2. The van der Waals surface area contributed by atoms with Crippen LogP contribution in [0.15, 0.2) is 24.3 Å². The van der Waals surface area contributed by atoms with Crippen molar-refractivity contribution in [2.24, 2.45) is 0 Å². The Hall–Kier alpha value is -1.64. The van der Waals surface area contributed by atoms with Gasteiger partial charge in [0.15, 0.2) is 0 Å². The van der Waals surface area contributed by atoms with E-state index in [0.29, 0.717) is 5.88 Å². The van der Waals surface area contributed by atoms with Crippen LogP contribution in [-0.4, -0.2) is 23.2 Å². The smallest absolute Gasteiger partial charge is 0.213 e. The van der Waals surface area contributed by atoms with Gasteiger partial charge in [-0.05, 0) is 18.9 Å². The molecule has 0 atom stereocenters. The highest BCUT2D eigenvalue weighted by molar-refractivity contribution is 5.96. The van der Waals surface area contributed by atoms with E-state index in [-0.39, 0.29) is 0 Å². The van der Waals surface area contributed by atoms with Crippen molar-refractivity contribution in [2.45, 2.75) is 12.8 Å². The molecule has 0 amide bonds. The molecule has 1 aromatic heterocycles. The summed E-state index contributed by atoms with van der Waals surface area (Å²) >= 11 is 0. The van der Waals surface area contributed by atoms with Crippen LogP contribution >= 0.6 is 0 Å². The second-order valence-corrected chi connectivity index (χ2v) is 4.06. The predicted octanol–water partition coefficient (Wildman–Crippen LogP) is 2.47. The Morgan fingerprint density at radius 3 is 2.67 bits per heavy atom. The average Bonchev–Trinajstić information content (AvgIpc) is 2.82. The Kier molecular flexibility index (Phi) is 1.84. The molecule has 3 rings (SSSR count). The van der Waals surface area contributed by atoms with E-state index < -0.39 is 0 Å². The molecule has 0 aliphatic carbocycles. The molecule has 0 unspecified atom stereocenters. The van der Waals surface area contributed by atoms with E-state index in [1.807, 2.05) is 18.2 Å². The Balaban J connectivity index is 2.19. The lowest BCUT2D eigenvalue weighted by Gasteiger charge is -2.16. The number of nitrogens with zero attached hydrogens (tertiary/aromatic N) is 1. The van der Waals surface area contributed by atoms with Crippen molar-refractivity contribution in [1.29, 1.82) is 0 Å². The van der Waals surface area contributed by atoms with Crippen LogP contribution in [0.1, 0.15) is 12.8 Å². The zero-order chi connectivity index (χ0) is 10.3. The van der Waals surface area contributed by atoms with E-state index in [9.17, 15) is 5.11 Å². The van der Waals surface area contributed by atoms with Gasteiger partial charge in [0.25, 0.3) is 0 Å². The maximum Gasteiger partial charge on any atom is 0.213 e. The highest BCUT2D eigenvalue weighted by atomic mass is 16.3. The van der Waals surface area contributed by atoms with Crippen molar-refractivity contribution in [3.63, 3.8) is 0 Å². The van der Waals surface area contributed by atoms with Crippen LogP contribution in [0.3, 0.4) is 0 Å². The van der Waals surface area contributed by atoms with Gasteiger partial charge in [-0.2, -0.15) is 0 Å². The summed E-state index contributed by atoms with van der Waals surface area (Å²) < 4.78 is 0. The molecule has 1 aromatic carbocycles. The first kappa shape index (κ1) is 8.65. The molecular formula is C12H14N2O. The minimum Gasteiger partial charge on any atom is -0.493 e. The minimum absolute atomic E-state index is 0.304. The second kappa shape index (κ2) is 3.19. The molecule has 1 aliphatic rings. The molecule has 2 heterocycles. The molecule has 0 spiro atoms. The van der Waals surface area contributed by atoms with Gasteiger partial charge >= 0.3 is 0 Å². The van der Waals surface area contributed by atoms with E-state index in [1.165, 1.54) is 12.8 Å². The summed E-state index contributed by atoms with van der Waals surface area (Å²) in [4.78, 5) is 5.28. The molecule has 0 saturated carbocycles. The number of hydrogen-bond donors (Lipinski definition) is 2. The normalized spacial score (nSPS) is 16.4. The third-order valence-electron chi connectivity index (χ3n) is 3.08. The quantitative estimate of drug-likeness (QED) is 0.745. The van der Waals surface area contributed by atoms with Crippen LogP contribution in [0, 0.1) is 0 Å². The van der Waals surface area contributed by atoms with Gasteiger partial charge in [0.05, 0.1) is 5.52 Å². The van der Waals surface area contributed by atoms with Gasteiger partial charge in [0.1, 0.15) is 5.69 Å². The summed E-state index contributed by atoms with van der Waals surface area (Å²) in [7, 11) is 0. The number of hydrogen-bond acceptors (Lipinski definition) is 2. The van der Waals surface area contributed by atoms with Gasteiger partial charge < -0.3 is 15.0 Å². The Labute approximate surface area is 88.3 Å². The predicted molar refractivity (Wildman–Crippen MR) is 61.4 cm³/mol. The maximum absolute atomic E-state index is 9.90. The van der Waals surface area contributed by atoms with E-state index in [4.69, 9.17) is 0 Å². The number of aromatic hydroxyl groups is 1. The Morgan fingerprint density at radius 1 is 1.13 bits per heavy atom. The second-order valence-electron chi connectivity index (χ2n) is 4.06. The largest absolute Gasteiger partial charge is 0.493 e. The van der Waals surface area contributed by atoms with Crippen molar-refractivity contribution >= 4 is 16.6 Å². The zero-order valence-corrected chi connectivity index (χ0v) is 8.53. The molecule has 15 heavy (non-hydrogen) atoms. The molecule has 1 aliphatic heterocycles. The first-order valence-corrected chi connectivity index (χ1v) is 5.41. The van der Waals surface area contributed by atoms with Crippen molar-refractivity contribution in [3.05, 3.63) is 24.3 Å². The van der Waals surface area contributed by atoms with Crippen LogP contribution in [0.25, 0.3) is 10.9 Å². The number of benzene rings is 1. The van der Waals surface area contributed by atoms with Gasteiger partial charge in [0.2, 0.25) is 5.88 Å². The fraction of sp³-hybridized carbons (Fsp3) is 0.333. The fourth-order valence-electron chi connectivity index (χ4n) is 2.37. The SMILES string of the molecule is Oc1[nH]c2ccccc2c1N1CCCC1. The Bertz CT molecular complexity index is 483. The molecule has 1 fully saturated rings. The molecule has 3 nitrogen and oxygen atoms in total. The van der Waals surface area contributed by atoms with E-state index in [0.717, 1.165) is 29.7 Å². The fourth-order valence-corrected chi connectivity index (χ4v) is 2.37. The van der Waals surface area contributed by atoms with Gasteiger partial charge in [-0.1, -0.05) is 18.2 Å². The third-order valence-corrected chi connectivity index (χ3v) is 3.08. The van der Waals surface area contributed by atoms with Crippen LogP contribution in [-0.2, 0) is 0 Å². The molecule has 2 N–H and O–H groups in total. The summed E-state index contributed by atoms with van der Waals surface area (Å²) in [6.07, 6.45) is 2.44. The maximum atomic E-state index is 9.90. The standard InChI is InChI=1S/C12H14N2O/c15-12-11(14-7-3-4-8-14)9-5-1-2-6-10(9)13-12/h1-2,5-6,13,15H,3-4,7-8H2. The Morgan fingerprint density at radius 2 is 1.87 bits per heavy atom. The first-order chi connectivity index (χ1) is 7.36. The van der Waals surface area contributed by atoms with Crippen molar-refractivity contribution in [3.8, 4) is 5.88 Å². The van der Waals surface area contributed by atoms with Crippen LogP contribution in [0.2, 0.25) is 0 Å². The molecular weight excluding hydrogens is 188 g/mol. The topological polar surface area (TPSA) is 39.3 Å². The highest BCUT2D eigenvalue weighted by Gasteiger charge is 2.19. The average molecular weight is 202 g/mol. The minimum atomic E-state index is 0.304. The summed E-state index contributed by atoms with van der Waals surface area (Å²) in [5.74, 6) is 0.304. The van der Waals surface area contributed by atoms with Gasteiger partial charge in [0, 0.05) is 18.5 Å². The van der Waals surface area contributed by atoms with E-state index >= 15 is 0 Å². The first-order valence-electron chi connectivity index (χ1n) is 5.41. The number of anilines is 1. The molecule has 0 radical (unpaired) electrons. The number of rotatable bonds is 1. The number of fused-ring (bicyclic) bond motifs is 1. The highest BCUT2D eigenvalue weighted by Crippen LogP contribution is 2.37. The van der Waals surface area contributed by atoms with Crippen molar-refractivity contribution < 1.29 is 5.11 Å². The zero-order valence-electron chi connectivity index (χ0n) is 8.53. The number of para-hydroxylation sites is 1. The van der Waals surface area contributed by atoms with E-state index in [1.54, 1.807) is 0 Å². The van der Waals surface area contributed by atoms with Crippen LogP contribution in [0.5, 0.6) is 5.88 Å². The molecule has 78 valence electrons. The third kappa shape index (κ3) is 1.27. The molecule has 3 heteroatoms. The van der Waals surface area contributed by atoms with Crippen molar-refractivity contribution in [2.75, 3.05) is 18.0 Å². The molecule has 0 bridgehead atoms. The van der Waals surface area contributed by atoms with E-state index in [2.05, 4.69) is 16.0 Å². The lowest BCUT2D eigenvalue weighted by Crippen LogP contribution is -2.17. The lowest BCUT2D eigenvalue weighted by molar-refractivity contribution is 0.458. The van der Waals surface area contributed by atoms with Crippen molar-refractivity contribution in [1.82, 2.24) is 4.98 Å². The number of aromatic amines is 1. The number of H-pyrrole nitrogens is 1. The monoisotopic (exact) mass is 202 g/mol.